The van der Waals surface area contributed by atoms with Gasteiger partial charge in [-0.05, 0) is 11.8 Å². The Balaban J connectivity index is 1.95. The van der Waals surface area contributed by atoms with E-state index in [0.717, 1.165) is 13.0 Å². The van der Waals surface area contributed by atoms with Gasteiger partial charge in [-0.25, -0.2) is 0 Å². The Hall–Kier alpha value is -0.650. The minimum absolute atomic E-state index is 0.0244. The highest BCUT2D eigenvalue weighted by Gasteiger charge is 2.37. The Morgan fingerprint density at radius 2 is 2.18 bits per heavy atom. The minimum atomic E-state index is -0.422. The van der Waals surface area contributed by atoms with Gasteiger partial charge in [0.2, 0.25) is 0 Å². The molecule has 2 saturated heterocycles. The number of nitrogens with two attached hydrogens (primary N) is 1. The molecule has 2 atom stereocenters. The first-order chi connectivity index (χ1) is 8.00. The lowest BCUT2D eigenvalue weighted by molar-refractivity contribution is -0.161. The quantitative estimate of drug-likeness (QED) is 0.702. The number of nitrogens with zero attached hydrogens (tertiary/aromatic N) is 1. The van der Waals surface area contributed by atoms with Crippen LogP contribution >= 0.6 is 0 Å². The third-order valence-electron chi connectivity index (χ3n) is 3.72. The Labute approximate surface area is 102 Å². The van der Waals surface area contributed by atoms with Crippen molar-refractivity contribution >= 4 is 5.91 Å². The number of rotatable bonds is 1. The van der Waals surface area contributed by atoms with Gasteiger partial charge in [0.05, 0.1) is 19.8 Å². The number of amides is 1. The molecule has 2 N–H and O–H groups in total. The summed E-state index contributed by atoms with van der Waals surface area (Å²) in [5.41, 5.74) is 6.04. The highest BCUT2D eigenvalue weighted by molar-refractivity contribution is 5.81. The molecule has 2 heterocycles. The lowest BCUT2D eigenvalue weighted by Gasteiger charge is -2.43. The second-order valence-electron chi connectivity index (χ2n) is 5.58. The van der Waals surface area contributed by atoms with Crippen molar-refractivity contribution in [3.8, 4) is 0 Å². The zero-order valence-corrected chi connectivity index (χ0v) is 10.6. The summed E-state index contributed by atoms with van der Waals surface area (Å²) in [5.74, 6) is 0.0460. The molecule has 2 aliphatic rings. The number of carbonyl (C=O) groups is 1. The van der Waals surface area contributed by atoms with E-state index in [1.54, 1.807) is 0 Å². The van der Waals surface area contributed by atoms with Crippen molar-refractivity contribution < 1.29 is 14.3 Å². The number of carbonyl (C=O) groups excluding carboxylic acids is 1. The van der Waals surface area contributed by atoms with Crippen LogP contribution in [-0.4, -0.2) is 55.9 Å². The van der Waals surface area contributed by atoms with Crippen LogP contribution in [0.25, 0.3) is 0 Å². The first-order valence-electron chi connectivity index (χ1n) is 6.24. The standard InChI is InChI=1S/C12H22N2O3/c1-12(2)8-14(4-3-10(12)13)11(15)9-7-16-5-6-17-9/h9-10H,3-8,13H2,1-2H3. The maximum absolute atomic E-state index is 12.2. The Morgan fingerprint density at radius 1 is 1.41 bits per heavy atom. The molecular weight excluding hydrogens is 220 g/mol. The maximum Gasteiger partial charge on any atom is 0.254 e. The van der Waals surface area contributed by atoms with Crippen molar-refractivity contribution in [2.45, 2.75) is 32.4 Å². The van der Waals surface area contributed by atoms with Crippen LogP contribution in [0.15, 0.2) is 0 Å². The van der Waals surface area contributed by atoms with E-state index >= 15 is 0 Å². The monoisotopic (exact) mass is 242 g/mol. The van der Waals surface area contributed by atoms with Gasteiger partial charge in [0, 0.05) is 19.1 Å². The molecule has 0 aromatic carbocycles. The lowest BCUT2D eigenvalue weighted by atomic mass is 9.79. The molecular formula is C12H22N2O3. The summed E-state index contributed by atoms with van der Waals surface area (Å²) in [6, 6.07) is 0.162. The topological polar surface area (TPSA) is 64.8 Å². The fraction of sp³-hybridized carbons (Fsp3) is 0.917. The van der Waals surface area contributed by atoms with Gasteiger partial charge in [-0.1, -0.05) is 13.8 Å². The van der Waals surface area contributed by atoms with E-state index < -0.39 is 6.10 Å². The molecule has 2 fully saturated rings. The second kappa shape index (κ2) is 4.92. The van der Waals surface area contributed by atoms with Crippen molar-refractivity contribution in [3.05, 3.63) is 0 Å². The fourth-order valence-corrected chi connectivity index (χ4v) is 2.40. The van der Waals surface area contributed by atoms with Crippen LogP contribution < -0.4 is 5.73 Å². The molecule has 5 nitrogen and oxygen atoms in total. The van der Waals surface area contributed by atoms with Gasteiger partial charge in [-0.2, -0.15) is 0 Å². The third-order valence-corrected chi connectivity index (χ3v) is 3.72. The summed E-state index contributed by atoms with van der Waals surface area (Å²) >= 11 is 0. The number of ether oxygens (including phenoxy) is 2. The molecule has 17 heavy (non-hydrogen) atoms. The van der Waals surface area contributed by atoms with Gasteiger partial charge in [0.1, 0.15) is 0 Å². The predicted octanol–water partition coefficient (Wildman–Crippen LogP) is -0.0124. The second-order valence-corrected chi connectivity index (χ2v) is 5.58. The number of piperidine rings is 1. The molecule has 0 radical (unpaired) electrons. The number of hydrogen-bond acceptors (Lipinski definition) is 4. The van der Waals surface area contributed by atoms with Crippen LogP contribution in [0.5, 0.6) is 0 Å². The van der Waals surface area contributed by atoms with Crippen LogP contribution in [0.4, 0.5) is 0 Å². The first kappa shape index (κ1) is 12.8. The van der Waals surface area contributed by atoms with Gasteiger partial charge in [-0.3, -0.25) is 4.79 Å². The minimum Gasteiger partial charge on any atom is -0.376 e. The van der Waals surface area contributed by atoms with E-state index in [4.69, 9.17) is 15.2 Å². The summed E-state index contributed by atoms with van der Waals surface area (Å²) in [6.07, 6.45) is 0.431. The Kier molecular flexibility index (Phi) is 3.70. The highest BCUT2D eigenvalue weighted by atomic mass is 16.6. The highest BCUT2D eigenvalue weighted by Crippen LogP contribution is 2.28. The summed E-state index contributed by atoms with van der Waals surface area (Å²) in [6.45, 7) is 7.11. The normalized spacial score (nSPS) is 33.5. The summed E-state index contributed by atoms with van der Waals surface area (Å²) in [4.78, 5) is 14.1. The van der Waals surface area contributed by atoms with Crippen LogP contribution in [-0.2, 0) is 14.3 Å². The summed E-state index contributed by atoms with van der Waals surface area (Å²) in [7, 11) is 0. The Bertz CT molecular complexity index is 287. The van der Waals surface area contributed by atoms with Crippen LogP contribution in [0.1, 0.15) is 20.3 Å². The molecule has 2 unspecified atom stereocenters. The van der Waals surface area contributed by atoms with Gasteiger partial charge < -0.3 is 20.1 Å². The predicted molar refractivity (Wildman–Crippen MR) is 63.5 cm³/mol. The molecule has 0 aliphatic carbocycles. The van der Waals surface area contributed by atoms with E-state index in [1.807, 2.05) is 4.90 Å². The van der Waals surface area contributed by atoms with Crippen molar-refractivity contribution in [3.63, 3.8) is 0 Å². The smallest absolute Gasteiger partial charge is 0.254 e. The molecule has 5 heteroatoms. The maximum atomic E-state index is 12.2. The number of hydrogen-bond donors (Lipinski definition) is 1. The molecule has 0 saturated carbocycles. The van der Waals surface area contributed by atoms with Crippen molar-refractivity contribution in [1.82, 2.24) is 4.90 Å². The van der Waals surface area contributed by atoms with E-state index in [1.165, 1.54) is 0 Å². The average Bonchev–Trinajstić information content (AvgIpc) is 2.33. The molecule has 98 valence electrons. The zero-order valence-electron chi connectivity index (χ0n) is 10.6. The largest absolute Gasteiger partial charge is 0.376 e. The van der Waals surface area contributed by atoms with E-state index in [0.29, 0.717) is 26.4 Å². The Morgan fingerprint density at radius 3 is 2.76 bits per heavy atom. The van der Waals surface area contributed by atoms with Crippen molar-refractivity contribution in [2.75, 3.05) is 32.9 Å². The van der Waals surface area contributed by atoms with Crippen molar-refractivity contribution in [1.29, 1.82) is 0 Å². The lowest BCUT2D eigenvalue weighted by Crippen LogP contribution is -2.57. The summed E-state index contributed by atoms with van der Waals surface area (Å²) < 4.78 is 10.7. The first-order valence-corrected chi connectivity index (χ1v) is 6.24. The SMILES string of the molecule is CC1(C)CN(C(=O)C2COCCO2)CCC1N. The van der Waals surface area contributed by atoms with Crippen LogP contribution in [0, 0.1) is 5.41 Å². The third kappa shape index (κ3) is 2.78. The molecule has 2 rings (SSSR count). The van der Waals surface area contributed by atoms with E-state index in [-0.39, 0.29) is 17.4 Å². The number of likely N-dealkylation sites (tertiary alicyclic amines) is 1. The van der Waals surface area contributed by atoms with Gasteiger partial charge >= 0.3 is 0 Å². The van der Waals surface area contributed by atoms with Gasteiger partial charge in [0.25, 0.3) is 5.91 Å². The van der Waals surface area contributed by atoms with Gasteiger partial charge in [-0.15, -0.1) is 0 Å². The average molecular weight is 242 g/mol. The van der Waals surface area contributed by atoms with Crippen LogP contribution in [0.2, 0.25) is 0 Å². The van der Waals surface area contributed by atoms with Crippen molar-refractivity contribution in [2.24, 2.45) is 11.1 Å². The van der Waals surface area contributed by atoms with Gasteiger partial charge in [0.15, 0.2) is 6.10 Å². The fourth-order valence-electron chi connectivity index (χ4n) is 2.40. The van der Waals surface area contributed by atoms with E-state index in [2.05, 4.69) is 13.8 Å². The molecule has 0 bridgehead atoms. The zero-order chi connectivity index (χ0) is 12.5. The summed E-state index contributed by atoms with van der Waals surface area (Å²) in [5, 5.41) is 0. The molecule has 2 aliphatic heterocycles. The van der Waals surface area contributed by atoms with Crippen LogP contribution in [0.3, 0.4) is 0 Å². The molecule has 0 aromatic rings. The molecule has 0 spiro atoms. The molecule has 1 amide bonds. The van der Waals surface area contributed by atoms with E-state index in [9.17, 15) is 4.79 Å². The molecule has 0 aromatic heterocycles.